The van der Waals surface area contributed by atoms with E-state index >= 15 is 0 Å². The summed E-state index contributed by atoms with van der Waals surface area (Å²) in [5.74, 6) is -1.13. The Bertz CT molecular complexity index is 604. The Kier molecular flexibility index (Phi) is 5.58. The lowest BCUT2D eigenvalue weighted by atomic mass is 10.3. The van der Waals surface area contributed by atoms with Gasteiger partial charge in [-0.2, -0.15) is 4.31 Å². The molecule has 1 rings (SSSR count). The van der Waals surface area contributed by atoms with E-state index < -0.39 is 16.0 Å². The zero-order valence-corrected chi connectivity index (χ0v) is 14.0. The van der Waals surface area contributed by atoms with Gasteiger partial charge in [-0.05, 0) is 33.3 Å². The smallest absolute Gasteiger partial charge is 0.352 e. The number of nitrogens with zero attached hydrogens (tertiary/aromatic N) is 2. The van der Waals surface area contributed by atoms with Gasteiger partial charge in [-0.15, -0.1) is 0 Å². The van der Waals surface area contributed by atoms with Crippen molar-refractivity contribution in [1.29, 1.82) is 0 Å². The number of carboxylic acids is 1. The maximum Gasteiger partial charge on any atom is 0.352 e. The average molecular weight is 316 g/mol. The predicted octanol–water partition coefficient (Wildman–Crippen LogP) is 2.58. The Hall–Kier alpha value is -1.34. The number of carboxylic acid groups (broad SMARTS) is 1. The molecule has 1 aromatic heterocycles. The second-order valence-electron chi connectivity index (χ2n) is 5.33. The molecule has 0 saturated heterocycles. The monoisotopic (exact) mass is 316 g/mol. The number of aromatic carboxylic acids is 1. The second kappa shape index (κ2) is 6.62. The molecular weight excluding hydrogens is 292 g/mol. The topological polar surface area (TPSA) is 79.6 Å². The van der Waals surface area contributed by atoms with Crippen LogP contribution in [0.25, 0.3) is 0 Å². The van der Waals surface area contributed by atoms with Crippen molar-refractivity contribution in [1.82, 2.24) is 8.87 Å². The van der Waals surface area contributed by atoms with Crippen LogP contribution in [-0.4, -0.2) is 41.0 Å². The molecule has 7 heteroatoms. The maximum atomic E-state index is 12.7. The molecule has 0 radical (unpaired) electrons. The van der Waals surface area contributed by atoms with Gasteiger partial charge in [-0.1, -0.05) is 13.8 Å². The van der Waals surface area contributed by atoms with Gasteiger partial charge in [0.1, 0.15) is 10.6 Å². The number of hydrogen-bond acceptors (Lipinski definition) is 3. The van der Waals surface area contributed by atoms with Crippen LogP contribution in [0.2, 0.25) is 0 Å². The molecule has 0 saturated carbocycles. The highest BCUT2D eigenvalue weighted by atomic mass is 32.2. The van der Waals surface area contributed by atoms with Crippen LogP contribution in [-0.2, 0) is 10.0 Å². The predicted molar refractivity (Wildman–Crippen MR) is 81.1 cm³/mol. The minimum atomic E-state index is -3.68. The van der Waals surface area contributed by atoms with Crippen molar-refractivity contribution in [2.45, 2.75) is 58.0 Å². The molecule has 0 bridgehead atoms. The summed E-state index contributed by atoms with van der Waals surface area (Å²) in [4.78, 5) is 11.3. The van der Waals surface area contributed by atoms with E-state index in [1.807, 2.05) is 27.7 Å². The van der Waals surface area contributed by atoms with Crippen molar-refractivity contribution < 1.29 is 18.3 Å². The molecule has 120 valence electrons. The lowest BCUT2D eigenvalue weighted by Crippen LogP contribution is -2.37. The van der Waals surface area contributed by atoms with Crippen LogP contribution in [0.3, 0.4) is 0 Å². The number of rotatable bonds is 7. The Morgan fingerprint density at radius 1 is 1.33 bits per heavy atom. The maximum absolute atomic E-state index is 12.7. The fraction of sp³-hybridized carbons (Fsp3) is 0.643. The standard InChI is InChI=1S/C14H24N2O4S/c1-6-11(5)16(7-2)21(19,20)12-8-13(14(17)18)15(9-12)10(3)4/h8-11H,6-7H2,1-5H3,(H,17,18). The SMILES string of the molecule is CCC(C)N(CC)S(=O)(=O)c1cc(C(=O)O)n(C(C)C)c1. The first-order chi connectivity index (χ1) is 9.66. The molecule has 6 nitrogen and oxygen atoms in total. The molecule has 1 unspecified atom stereocenters. The molecule has 0 amide bonds. The lowest BCUT2D eigenvalue weighted by Gasteiger charge is -2.25. The fourth-order valence-electron chi connectivity index (χ4n) is 2.25. The molecule has 0 aliphatic heterocycles. The largest absolute Gasteiger partial charge is 0.477 e. The van der Waals surface area contributed by atoms with E-state index in [1.165, 1.54) is 21.1 Å². The zero-order chi connectivity index (χ0) is 16.4. The molecule has 0 aliphatic carbocycles. The molecule has 0 fully saturated rings. The van der Waals surface area contributed by atoms with E-state index in [1.54, 1.807) is 6.92 Å². The molecule has 21 heavy (non-hydrogen) atoms. The summed E-state index contributed by atoms with van der Waals surface area (Å²) in [6.45, 7) is 9.53. The van der Waals surface area contributed by atoms with Gasteiger partial charge in [0, 0.05) is 24.8 Å². The van der Waals surface area contributed by atoms with Crippen LogP contribution < -0.4 is 0 Å². The van der Waals surface area contributed by atoms with Crippen molar-refractivity contribution in [3.63, 3.8) is 0 Å². The summed E-state index contributed by atoms with van der Waals surface area (Å²) < 4.78 is 28.3. The Balaban J connectivity index is 3.38. The zero-order valence-electron chi connectivity index (χ0n) is 13.2. The summed E-state index contributed by atoms with van der Waals surface area (Å²) in [6.07, 6.45) is 2.11. The van der Waals surface area contributed by atoms with Crippen LogP contribution in [0.5, 0.6) is 0 Å². The quantitative estimate of drug-likeness (QED) is 0.838. The van der Waals surface area contributed by atoms with Gasteiger partial charge < -0.3 is 9.67 Å². The van der Waals surface area contributed by atoms with Crippen LogP contribution in [0.15, 0.2) is 17.2 Å². The van der Waals surface area contributed by atoms with E-state index in [4.69, 9.17) is 0 Å². The lowest BCUT2D eigenvalue weighted by molar-refractivity contribution is 0.0683. The first-order valence-electron chi connectivity index (χ1n) is 7.13. The van der Waals surface area contributed by atoms with Crippen LogP contribution in [0.4, 0.5) is 0 Å². The highest BCUT2D eigenvalue weighted by Gasteiger charge is 2.30. The van der Waals surface area contributed by atoms with E-state index in [-0.39, 0.29) is 22.7 Å². The molecule has 1 atom stereocenters. The van der Waals surface area contributed by atoms with E-state index in [9.17, 15) is 18.3 Å². The Morgan fingerprint density at radius 2 is 1.90 bits per heavy atom. The summed E-state index contributed by atoms with van der Waals surface area (Å²) in [7, 11) is -3.68. The molecule has 1 N–H and O–H groups in total. The van der Waals surface area contributed by atoms with E-state index in [2.05, 4.69) is 0 Å². The van der Waals surface area contributed by atoms with Gasteiger partial charge in [0.25, 0.3) is 0 Å². The molecule has 1 aromatic rings. The summed E-state index contributed by atoms with van der Waals surface area (Å²) in [6, 6.07) is 0.984. The molecule has 1 heterocycles. The molecular formula is C14H24N2O4S. The van der Waals surface area contributed by atoms with E-state index in [0.717, 1.165) is 0 Å². The fourth-order valence-corrected chi connectivity index (χ4v) is 3.99. The van der Waals surface area contributed by atoms with Gasteiger partial charge in [0.05, 0.1) is 0 Å². The van der Waals surface area contributed by atoms with Crippen molar-refractivity contribution in [2.75, 3.05) is 6.54 Å². The molecule has 0 aromatic carbocycles. The van der Waals surface area contributed by atoms with Crippen molar-refractivity contribution >= 4 is 16.0 Å². The average Bonchev–Trinajstić information content (AvgIpc) is 2.84. The third-order valence-electron chi connectivity index (χ3n) is 3.60. The van der Waals surface area contributed by atoms with Gasteiger partial charge in [0.15, 0.2) is 0 Å². The minimum absolute atomic E-state index is 0.0104. The van der Waals surface area contributed by atoms with Gasteiger partial charge in [-0.25, -0.2) is 13.2 Å². The minimum Gasteiger partial charge on any atom is -0.477 e. The van der Waals surface area contributed by atoms with Crippen molar-refractivity contribution in [3.8, 4) is 0 Å². The van der Waals surface area contributed by atoms with Gasteiger partial charge in [-0.3, -0.25) is 0 Å². The number of hydrogen-bond donors (Lipinski definition) is 1. The van der Waals surface area contributed by atoms with Crippen LogP contribution >= 0.6 is 0 Å². The Labute approximate surface area is 126 Å². The third-order valence-corrected chi connectivity index (χ3v) is 5.65. The van der Waals surface area contributed by atoms with Gasteiger partial charge in [0.2, 0.25) is 10.0 Å². The normalized spacial score (nSPS) is 13.9. The summed E-state index contributed by atoms with van der Waals surface area (Å²) in [5.41, 5.74) is -0.0104. The Morgan fingerprint density at radius 3 is 2.24 bits per heavy atom. The number of carbonyl (C=O) groups is 1. The number of aromatic nitrogens is 1. The highest BCUT2D eigenvalue weighted by molar-refractivity contribution is 7.89. The van der Waals surface area contributed by atoms with Crippen molar-refractivity contribution in [2.24, 2.45) is 0 Å². The number of sulfonamides is 1. The molecule has 0 aliphatic rings. The summed E-state index contributed by atoms with van der Waals surface area (Å²) >= 11 is 0. The van der Waals surface area contributed by atoms with Gasteiger partial charge >= 0.3 is 5.97 Å². The van der Waals surface area contributed by atoms with Crippen LogP contribution in [0, 0.1) is 0 Å². The molecule has 0 spiro atoms. The highest BCUT2D eigenvalue weighted by Crippen LogP contribution is 2.24. The second-order valence-corrected chi connectivity index (χ2v) is 7.22. The summed E-state index contributed by atoms with van der Waals surface area (Å²) in [5, 5.41) is 9.22. The first-order valence-corrected chi connectivity index (χ1v) is 8.57. The van der Waals surface area contributed by atoms with Crippen LogP contribution in [0.1, 0.15) is 57.6 Å². The van der Waals surface area contributed by atoms with E-state index in [0.29, 0.717) is 13.0 Å². The first kappa shape index (κ1) is 17.7. The van der Waals surface area contributed by atoms with Crippen molar-refractivity contribution in [3.05, 3.63) is 18.0 Å². The third kappa shape index (κ3) is 3.47.